The van der Waals surface area contributed by atoms with E-state index >= 15 is 0 Å². The molecule has 1 saturated heterocycles. The standard InChI is InChI=1S/C20H24N2O5.ClH/c1-24-17-12-14(13-18(25-2)19(17)26-3)20(23)21-15-4-6-16(7-5-15)22-8-10-27-11-9-22;/h4-7,12-13H,8-11H2,1-3H3,(H,21,23);1H. The molecule has 0 bridgehead atoms. The third kappa shape index (κ3) is 4.86. The lowest BCUT2D eigenvalue weighted by atomic mass is 10.1. The van der Waals surface area contributed by atoms with Gasteiger partial charge in [0.1, 0.15) is 18.8 Å². The molecule has 0 radical (unpaired) electrons. The molecular weight excluding hydrogens is 384 g/mol. The molecule has 7 nitrogen and oxygen atoms in total. The first kappa shape index (κ1) is 21.8. The summed E-state index contributed by atoms with van der Waals surface area (Å²) in [6, 6.07) is 11.1. The maximum atomic E-state index is 12.7. The Bertz CT molecular complexity index is 767. The molecule has 2 N–H and O–H groups in total. The number of nitrogens with one attached hydrogen (secondary N) is 2. The molecule has 0 spiro atoms. The van der Waals surface area contributed by atoms with Crippen LogP contribution in [0.5, 0.6) is 17.2 Å². The van der Waals surface area contributed by atoms with Gasteiger partial charge in [0.25, 0.3) is 5.91 Å². The van der Waals surface area contributed by atoms with Gasteiger partial charge in [0, 0.05) is 23.4 Å². The lowest BCUT2D eigenvalue weighted by Gasteiger charge is -2.23. The highest BCUT2D eigenvalue weighted by Gasteiger charge is 2.18. The van der Waals surface area contributed by atoms with E-state index in [1.807, 2.05) is 24.3 Å². The number of anilines is 1. The smallest absolute Gasteiger partial charge is 0.255 e. The number of hydrogen-bond acceptors (Lipinski definition) is 5. The topological polar surface area (TPSA) is 70.5 Å². The van der Waals surface area contributed by atoms with E-state index in [9.17, 15) is 4.79 Å². The number of ether oxygens (including phenoxy) is 4. The van der Waals surface area contributed by atoms with Crippen LogP contribution in [0.2, 0.25) is 0 Å². The SMILES string of the molecule is COc1cc(C(=O)Nc2ccc([NH+]3CCOCC3)cc2)cc(OC)c1OC.[Cl-]. The van der Waals surface area contributed by atoms with Crippen LogP contribution in [0.3, 0.4) is 0 Å². The summed E-state index contributed by atoms with van der Waals surface area (Å²) >= 11 is 0. The number of carbonyl (C=O) groups is 1. The number of halogens is 1. The van der Waals surface area contributed by atoms with Crippen molar-refractivity contribution in [1.29, 1.82) is 0 Å². The average Bonchev–Trinajstić information content (AvgIpc) is 2.73. The Morgan fingerprint density at radius 3 is 2.04 bits per heavy atom. The lowest BCUT2D eigenvalue weighted by molar-refractivity contribution is -0.842. The van der Waals surface area contributed by atoms with Crippen LogP contribution in [-0.2, 0) is 4.74 Å². The van der Waals surface area contributed by atoms with E-state index in [4.69, 9.17) is 18.9 Å². The zero-order chi connectivity index (χ0) is 19.2. The largest absolute Gasteiger partial charge is 1.00 e. The minimum Gasteiger partial charge on any atom is -1.00 e. The van der Waals surface area contributed by atoms with E-state index in [1.54, 1.807) is 12.1 Å². The highest BCUT2D eigenvalue weighted by Crippen LogP contribution is 2.38. The van der Waals surface area contributed by atoms with E-state index in [-0.39, 0.29) is 18.3 Å². The van der Waals surface area contributed by atoms with Crippen molar-refractivity contribution in [2.75, 3.05) is 52.9 Å². The van der Waals surface area contributed by atoms with Crippen molar-refractivity contribution in [3.63, 3.8) is 0 Å². The third-order valence-electron chi connectivity index (χ3n) is 4.57. The van der Waals surface area contributed by atoms with Gasteiger partial charge in [-0.3, -0.25) is 9.69 Å². The molecule has 3 rings (SSSR count). The number of quaternary nitrogens is 1. The van der Waals surface area contributed by atoms with E-state index in [2.05, 4.69) is 5.32 Å². The molecule has 0 unspecified atom stereocenters. The first-order chi connectivity index (χ1) is 13.2. The maximum Gasteiger partial charge on any atom is 0.255 e. The predicted octanol–water partition coefficient (Wildman–Crippen LogP) is -1.48. The summed E-state index contributed by atoms with van der Waals surface area (Å²) in [6.45, 7) is 3.46. The van der Waals surface area contributed by atoms with Gasteiger partial charge in [-0.15, -0.1) is 0 Å². The Hall–Kier alpha value is -2.48. The maximum absolute atomic E-state index is 12.7. The molecule has 1 amide bonds. The van der Waals surface area contributed by atoms with Crippen LogP contribution in [0.15, 0.2) is 36.4 Å². The summed E-state index contributed by atoms with van der Waals surface area (Å²) < 4.78 is 21.3. The number of morpholine rings is 1. The quantitative estimate of drug-likeness (QED) is 0.610. The van der Waals surface area contributed by atoms with Gasteiger partial charge in [0.15, 0.2) is 11.5 Å². The fourth-order valence-electron chi connectivity index (χ4n) is 3.11. The van der Waals surface area contributed by atoms with E-state index in [0.717, 1.165) is 32.0 Å². The molecule has 152 valence electrons. The monoisotopic (exact) mass is 408 g/mol. The van der Waals surface area contributed by atoms with E-state index in [0.29, 0.717) is 22.8 Å². The zero-order valence-corrected chi connectivity index (χ0v) is 17.0. The van der Waals surface area contributed by atoms with Crippen LogP contribution >= 0.6 is 0 Å². The highest BCUT2D eigenvalue weighted by molar-refractivity contribution is 6.05. The second-order valence-electron chi connectivity index (χ2n) is 6.16. The molecule has 2 aromatic rings. The number of hydrogen-bond donors (Lipinski definition) is 2. The molecule has 28 heavy (non-hydrogen) atoms. The molecule has 1 aliphatic rings. The molecule has 0 aliphatic carbocycles. The zero-order valence-electron chi connectivity index (χ0n) is 16.2. The summed E-state index contributed by atoms with van der Waals surface area (Å²) in [7, 11) is 4.56. The van der Waals surface area contributed by atoms with Gasteiger partial charge in [-0.2, -0.15) is 0 Å². The van der Waals surface area contributed by atoms with E-state index in [1.165, 1.54) is 31.9 Å². The Morgan fingerprint density at radius 1 is 0.964 bits per heavy atom. The van der Waals surface area contributed by atoms with Crippen molar-refractivity contribution >= 4 is 17.3 Å². The Balaban J connectivity index is 0.00000280. The summed E-state index contributed by atoms with van der Waals surface area (Å²) in [4.78, 5) is 14.0. The van der Waals surface area contributed by atoms with Crippen LogP contribution < -0.4 is 36.8 Å². The third-order valence-corrected chi connectivity index (χ3v) is 4.57. The fourth-order valence-corrected chi connectivity index (χ4v) is 3.11. The Kier molecular flexibility index (Phi) is 7.92. The average molecular weight is 409 g/mol. The van der Waals surface area contributed by atoms with Crippen molar-refractivity contribution in [1.82, 2.24) is 0 Å². The molecule has 0 atom stereocenters. The van der Waals surface area contributed by atoms with E-state index < -0.39 is 0 Å². The first-order valence-electron chi connectivity index (χ1n) is 8.80. The number of amides is 1. The first-order valence-corrected chi connectivity index (χ1v) is 8.80. The fraction of sp³-hybridized carbons (Fsp3) is 0.350. The van der Waals surface area contributed by atoms with Gasteiger partial charge in [0.05, 0.1) is 34.5 Å². The van der Waals surface area contributed by atoms with Crippen LogP contribution in [0.4, 0.5) is 11.4 Å². The molecular formula is C20H25ClN2O5. The number of methoxy groups -OCH3 is 3. The van der Waals surface area contributed by atoms with Gasteiger partial charge < -0.3 is 36.7 Å². The molecule has 1 heterocycles. The predicted molar refractivity (Wildman–Crippen MR) is 102 cm³/mol. The molecule has 8 heteroatoms. The van der Waals surface area contributed by atoms with Crippen LogP contribution in [0.1, 0.15) is 10.4 Å². The Morgan fingerprint density at radius 2 is 1.54 bits per heavy atom. The van der Waals surface area contributed by atoms with Crippen molar-refractivity contribution in [2.24, 2.45) is 0 Å². The highest BCUT2D eigenvalue weighted by atomic mass is 35.5. The second kappa shape index (κ2) is 10.2. The van der Waals surface area contributed by atoms with Crippen molar-refractivity contribution < 1.29 is 41.0 Å². The number of carbonyl (C=O) groups excluding carboxylic acids is 1. The molecule has 1 aliphatic heterocycles. The van der Waals surface area contributed by atoms with Gasteiger partial charge in [0.2, 0.25) is 5.75 Å². The number of benzene rings is 2. The number of rotatable bonds is 6. The van der Waals surface area contributed by atoms with Gasteiger partial charge in [-0.25, -0.2) is 0 Å². The van der Waals surface area contributed by atoms with Crippen molar-refractivity contribution in [2.45, 2.75) is 0 Å². The van der Waals surface area contributed by atoms with Crippen LogP contribution in [-0.4, -0.2) is 53.5 Å². The van der Waals surface area contributed by atoms with Crippen molar-refractivity contribution in [3.05, 3.63) is 42.0 Å². The van der Waals surface area contributed by atoms with Crippen molar-refractivity contribution in [3.8, 4) is 17.2 Å². The van der Waals surface area contributed by atoms with Gasteiger partial charge in [-0.05, 0) is 24.3 Å². The summed E-state index contributed by atoms with van der Waals surface area (Å²) in [5.74, 6) is 1.08. The van der Waals surface area contributed by atoms with Gasteiger partial charge >= 0.3 is 0 Å². The summed E-state index contributed by atoms with van der Waals surface area (Å²) in [5, 5.41) is 2.90. The minimum atomic E-state index is -0.249. The molecule has 2 aromatic carbocycles. The summed E-state index contributed by atoms with van der Waals surface area (Å²) in [6.07, 6.45) is 0. The Labute approximate surface area is 170 Å². The second-order valence-corrected chi connectivity index (χ2v) is 6.16. The van der Waals surface area contributed by atoms with Crippen LogP contribution in [0, 0.1) is 0 Å². The molecule has 1 fully saturated rings. The molecule has 0 aromatic heterocycles. The minimum absolute atomic E-state index is 0. The lowest BCUT2D eigenvalue weighted by Crippen LogP contribution is -3.09. The summed E-state index contributed by atoms with van der Waals surface area (Å²) in [5.41, 5.74) is 2.35. The normalized spacial score (nSPS) is 14.0. The molecule has 0 saturated carbocycles. The van der Waals surface area contributed by atoms with Crippen LogP contribution in [0.25, 0.3) is 0 Å². The van der Waals surface area contributed by atoms with Gasteiger partial charge in [-0.1, -0.05) is 0 Å².